The van der Waals surface area contributed by atoms with Crippen LogP contribution in [0.1, 0.15) is 49.3 Å². The Balaban J connectivity index is 1.46. The standard InChI is InChI=1S/C24H27F3N4O5S/c1-15(17-5-7-22(28-12-17)35-14-24(25,26)27)31-9-8-16-4-6-19(10-18(16)13-31)37(33,34)30-21-11-20(36-29-21)23(2,3)32/h4-7,10-12,15,32H,8-9,13-14H2,1-3H3,(H,29,30)/t15-/m1/s1. The van der Waals surface area contributed by atoms with E-state index in [0.717, 1.165) is 16.7 Å². The number of ether oxygens (including phenoxy) is 1. The van der Waals surface area contributed by atoms with Crippen LogP contribution in [-0.4, -0.2) is 47.9 Å². The van der Waals surface area contributed by atoms with Gasteiger partial charge in [0.2, 0.25) is 5.88 Å². The molecule has 2 aromatic heterocycles. The zero-order valence-corrected chi connectivity index (χ0v) is 21.2. The van der Waals surface area contributed by atoms with Gasteiger partial charge in [0.1, 0.15) is 5.60 Å². The molecular formula is C24H27F3N4O5S. The fourth-order valence-electron chi connectivity index (χ4n) is 3.95. The SMILES string of the molecule is C[C@H](c1ccc(OCC(F)(F)F)nc1)N1CCc2ccc(S(=O)(=O)Nc3cc(C(C)(C)O)on3)cc2C1. The number of sulfonamides is 1. The molecule has 37 heavy (non-hydrogen) atoms. The van der Waals surface area contributed by atoms with Crippen molar-refractivity contribution in [2.75, 3.05) is 17.9 Å². The number of hydrogen-bond acceptors (Lipinski definition) is 8. The molecule has 3 aromatic rings. The molecule has 9 nitrogen and oxygen atoms in total. The van der Waals surface area contributed by atoms with Crippen molar-refractivity contribution >= 4 is 15.8 Å². The third-order valence-electron chi connectivity index (χ3n) is 6.05. The van der Waals surface area contributed by atoms with Crippen LogP contribution in [0.4, 0.5) is 19.0 Å². The highest BCUT2D eigenvalue weighted by Gasteiger charge is 2.29. The monoisotopic (exact) mass is 540 g/mol. The van der Waals surface area contributed by atoms with Crippen LogP contribution < -0.4 is 9.46 Å². The number of alkyl halides is 3. The molecule has 0 bridgehead atoms. The summed E-state index contributed by atoms with van der Waals surface area (Å²) in [4.78, 5) is 6.17. The number of benzene rings is 1. The lowest BCUT2D eigenvalue weighted by Gasteiger charge is -2.34. The van der Waals surface area contributed by atoms with Crippen molar-refractivity contribution in [3.8, 4) is 5.88 Å². The summed E-state index contributed by atoms with van der Waals surface area (Å²) in [6.07, 6.45) is -2.26. The normalized spacial score (nSPS) is 15.8. The molecule has 0 amide bonds. The smallest absolute Gasteiger partial charge is 0.422 e. The number of fused-ring (bicyclic) bond motifs is 1. The van der Waals surface area contributed by atoms with Gasteiger partial charge in [-0.15, -0.1) is 0 Å². The Morgan fingerprint density at radius 3 is 2.57 bits per heavy atom. The van der Waals surface area contributed by atoms with Crippen LogP contribution in [0.25, 0.3) is 0 Å². The molecule has 0 saturated heterocycles. The van der Waals surface area contributed by atoms with Crippen LogP contribution in [0.3, 0.4) is 0 Å². The molecule has 200 valence electrons. The van der Waals surface area contributed by atoms with Gasteiger partial charge in [-0.25, -0.2) is 13.4 Å². The second-order valence-electron chi connectivity index (χ2n) is 9.40. The van der Waals surface area contributed by atoms with Crippen LogP contribution in [0, 0.1) is 0 Å². The van der Waals surface area contributed by atoms with E-state index in [4.69, 9.17) is 4.52 Å². The minimum absolute atomic E-state index is 0.0414. The van der Waals surface area contributed by atoms with E-state index in [9.17, 15) is 26.7 Å². The quantitative estimate of drug-likeness (QED) is 0.438. The lowest BCUT2D eigenvalue weighted by Crippen LogP contribution is -2.33. The second kappa shape index (κ2) is 9.95. The Hall–Kier alpha value is -3.16. The lowest BCUT2D eigenvalue weighted by atomic mass is 9.97. The highest BCUT2D eigenvalue weighted by Crippen LogP contribution is 2.30. The van der Waals surface area contributed by atoms with Gasteiger partial charge in [-0.2, -0.15) is 13.2 Å². The first kappa shape index (κ1) is 26.9. The van der Waals surface area contributed by atoms with E-state index < -0.39 is 28.4 Å². The van der Waals surface area contributed by atoms with Crippen LogP contribution in [0.15, 0.2) is 52.0 Å². The Labute approximate surface area is 212 Å². The maximum atomic E-state index is 13.0. The summed E-state index contributed by atoms with van der Waals surface area (Å²) >= 11 is 0. The molecule has 0 saturated carbocycles. The van der Waals surface area contributed by atoms with Gasteiger partial charge in [0, 0.05) is 37.5 Å². The molecule has 0 fully saturated rings. The third kappa shape index (κ3) is 6.59. The zero-order chi connectivity index (χ0) is 27.0. The molecule has 0 radical (unpaired) electrons. The van der Waals surface area contributed by atoms with Gasteiger partial charge in [-0.05, 0) is 56.0 Å². The Bertz CT molecular complexity index is 1350. The Morgan fingerprint density at radius 1 is 1.19 bits per heavy atom. The van der Waals surface area contributed by atoms with Gasteiger partial charge in [-0.3, -0.25) is 9.62 Å². The fourth-order valence-corrected chi connectivity index (χ4v) is 4.99. The molecule has 1 aromatic carbocycles. The second-order valence-corrected chi connectivity index (χ2v) is 11.1. The molecule has 0 unspecified atom stereocenters. The summed E-state index contributed by atoms with van der Waals surface area (Å²) in [6.45, 7) is 4.71. The van der Waals surface area contributed by atoms with Crippen molar-refractivity contribution in [3.05, 3.63) is 65.0 Å². The molecule has 2 N–H and O–H groups in total. The van der Waals surface area contributed by atoms with Crippen LogP contribution in [-0.2, 0) is 28.6 Å². The molecule has 13 heteroatoms. The summed E-state index contributed by atoms with van der Waals surface area (Å²) in [6, 6.07) is 9.20. The van der Waals surface area contributed by atoms with Crippen molar-refractivity contribution in [1.29, 1.82) is 0 Å². The van der Waals surface area contributed by atoms with E-state index in [1.165, 1.54) is 38.2 Å². The minimum atomic E-state index is -4.44. The first-order valence-electron chi connectivity index (χ1n) is 11.4. The fraction of sp³-hybridized carbons (Fsp3) is 0.417. The van der Waals surface area contributed by atoms with Crippen molar-refractivity contribution in [2.45, 2.75) is 56.5 Å². The molecule has 1 atom stereocenters. The van der Waals surface area contributed by atoms with Gasteiger partial charge >= 0.3 is 6.18 Å². The summed E-state index contributed by atoms with van der Waals surface area (Å²) < 4.78 is 75.1. The average molecular weight is 541 g/mol. The van der Waals surface area contributed by atoms with Crippen molar-refractivity contribution in [2.24, 2.45) is 0 Å². The van der Waals surface area contributed by atoms with Crippen LogP contribution >= 0.6 is 0 Å². The summed E-state index contributed by atoms with van der Waals surface area (Å²) in [7, 11) is -3.97. The van der Waals surface area contributed by atoms with E-state index in [0.29, 0.717) is 19.5 Å². The molecule has 4 rings (SSSR count). The number of anilines is 1. The summed E-state index contributed by atoms with van der Waals surface area (Å²) in [5.74, 6) is -0.0311. The minimum Gasteiger partial charge on any atom is -0.468 e. The van der Waals surface area contributed by atoms with Crippen LogP contribution in [0.2, 0.25) is 0 Å². The molecule has 1 aliphatic rings. The molecule has 0 aliphatic carbocycles. The van der Waals surface area contributed by atoms with E-state index in [2.05, 4.69) is 24.5 Å². The van der Waals surface area contributed by atoms with Crippen LogP contribution in [0.5, 0.6) is 5.88 Å². The number of hydrogen-bond donors (Lipinski definition) is 2. The predicted molar refractivity (Wildman–Crippen MR) is 127 cm³/mol. The molecular weight excluding hydrogens is 513 g/mol. The maximum absolute atomic E-state index is 13.0. The van der Waals surface area contributed by atoms with Gasteiger partial charge in [0.25, 0.3) is 10.0 Å². The number of aliphatic hydroxyl groups is 1. The molecule has 1 aliphatic heterocycles. The van der Waals surface area contributed by atoms with E-state index in [1.807, 2.05) is 6.92 Å². The average Bonchev–Trinajstić information content (AvgIpc) is 3.30. The lowest BCUT2D eigenvalue weighted by molar-refractivity contribution is -0.154. The highest BCUT2D eigenvalue weighted by molar-refractivity contribution is 7.92. The first-order valence-corrected chi connectivity index (χ1v) is 12.9. The summed E-state index contributed by atoms with van der Waals surface area (Å²) in [5, 5.41) is 13.7. The van der Waals surface area contributed by atoms with Gasteiger partial charge in [0.05, 0.1) is 4.90 Å². The molecule has 0 spiro atoms. The number of rotatable bonds is 8. The predicted octanol–water partition coefficient (Wildman–Crippen LogP) is 4.16. The van der Waals surface area contributed by atoms with E-state index in [1.54, 1.807) is 18.2 Å². The highest BCUT2D eigenvalue weighted by atomic mass is 32.2. The number of halogens is 3. The zero-order valence-electron chi connectivity index (χ0n) is 20.4. The maximum Gasteiger partial charge on any atom is 0.422 e. The number of pyridine rings is 1. The van der Waals surface area contributed by atoms with Gasteiger partial charge in [0.15, 0.2) is 18.2 Å². The largest absolute Gasteiger partial charge is 0.468 e. The number of aromatic nitrogens is 2. The van der Waals surface area contributed by atoms with Crippen molar-refractivity contribution in [3.63, 3.8) is 0 Å². The Kier molecular flexibility index (Phi) is 7.23. The van der Waals surface area contributed by atoms with E-state index in [-0.39, 0.29) is 28.4 Å². The molecule has 3 heterocycles. The first-order chi connectivity index (χ1) is 17.2. The van der Waals surface area contributed by atoms with Gasteiger partial charge in [-0.1, -0.05) is 17.3 Å². The van der Waals surface area contributed by atoms with Crippen molar-refractivity contribution < 1.29 is 36.0 Å². The summed E-state index contributed by atoms with van der Waals surface area (Å²) in [5.41, 5.74) is 1.36. The number of nitrogens with zero attached hydrogens (tertiary/aromatic N) is 3. The topological polar surface area (TPSA) is 118 Å². The third-order valence-corrected chi connectivity index (χ3v) is 7.41. The Morgan fingerprint density at radius 2 is 1.95 bits per heavy atom. The van der Waals surface area contributed by atoms with E-state index >= 15 is 0 Å². The number of nitrogens with one attached hydrogen (secondary N) is 1. The van der Waals surface area contributed by atoms with Gasteiger partial charge < -0.3 is 14.4 Å². The van der Waals surface area contributed by atoms with Crippen molar-refractivity contribution in [1.82, 2.24) is 15.0 Å².